The average Bonchev–Trinajstić information content (AvgIpc) is 3.55. The number of carbonyl (C=O) groups is 2. The Labute approximate surface area is 183 Å². The van der Waals surface area contributed by atoms with Gasteiger partial charge in [0, 0.05) is 11.5 Å². The highest BCUT2D eigenvalue weighted by Gasteiger charge is 2.51. The SMILES string of the molecule is COC(=O)[C@H](C)NC(=O)c1cc(C2CC2)c(OCC23CC4CC(CC(C4)C2)C3)cc1F. The van der Waals surface area contributed by atoms with Gasteiger partial charge in [-0.3, -0.25) is 4.79 Å². The first kappa shape index (κ1) is 20.8. The fourth-order valence-corrected chi connectivity index (χ4v) is 6.79. The lowest BCUT2D eigenvalue weighted by Gasteiger charge is -2.56. The van der Waals surface area contributed by atoms with Crippen LogP contribution in [-0.2, 0) is 9.53 Å². The van der Waals surface area contributed by atoms with Gasteiger partial charge in [-0.25, -0.2) is 9.18 Å². The molecule has 0 radical (unpaired) electrons. The van der Waals surface area contributed by atoms with Crippen LogP contribution in [0.15, 0.2) is 12.1 Å². The maximum atomic E-state index is 14.9. The first-order chi connectivity index (χ1) is 14.9. The van der Waals surface area contributed by atoms with Gasteiger partial charge < -0.3 is 14.8 Å². The van der Waals surface area contributed by atoms with Gasteiger partial charge in [0.2, 0.25) is 0 Å². The van der Waals surface area contributed by atoms with Crippen LogP contribution in [0.3, 0.4) is 0 Å². The van der Waals surface area contributed by atoms with Crippen molar-refractivity contribution in [3.63, 3.8) is 0 Å². The molecule has 5 nitrogen and oxygen atoms in total. The van der Waals surface area contributed by atoms with E-state index in [1.807, 2.05) is 0 Å². The van der Waals surface area contributed by atoms with Crippen LogP contribution in [0.4, 0.5) is 4.39 Å². The van der Waals surface area contributed by atoms with E-state index in [4.69, 9.17) is 4.74 Å². The molecule has 1 aromatic rings. The van der Waals surface area contributed by atoms with Crippen molar-refractivity contribution in [1.29, 1.82) is 0 Å². The van der Waals surface area contributed by atoms with Crippen LogP contribution in [0.25, 0.3) is 0 Å². The topological polar surface area (TPSA) is 64.6 Å². The van der Waals surface area contributed by atoms with Crippen LogP contribution >= 0.6 is 0 Å². The highest BCUT2D eigenvalue weighted by atomic mass is 19.1. The van der Waals surface area contributed by atoms with Crippen molar-refractivity contribution >= 4 is 11.9 Å². The summed E-state index contributed by atoms with van der Waals surface area (Å²) in [7, 11) is 1.26. The minimum absolute atomic E-state index is 0.0418. The molecule has 5 fully saturated rings. The van der Waals surface area contributed by atoms with Gasteiger partial charge in [0.15, 0.2) is 0 Å². The third-order valence-corrected chi connectivity index (χ3v) is 7.96. The maximum Gasteiger partial charge on any atom is 0.328 e. The van der Waals surface area contributed by atoms with E-state index in [9.17, 15) is 14.0 Å². The summed E-state index contributed by atoms with van der Waals surface area (Å²) in [6, 6.07) is 2.17. The molecule has 1 amide bonds. The maximum absolute atomic E-state index is 14.9. The second-order valence-electron chi connectivity index (χ2n) is 10.6. The zero-order valence-electron chi connectivity index (χ0n) is 18.4. The number of rotatable bonds is 7. The van der Waals surface area contributed by atoms with E-state index in [1.165, 1.54) is 58.6 Å². The van der Waals surface area contributed by atoms with Crippen LogP contribution in [0.5, 0.6) is 5.75 Å². The summed E-state index contributed by atoms with van der Waals surface area (Å²) >= 11 is 0. The van der Waals surface area contributed by atoms with Crippen molar-refractivity contribution in [3.8, 4) is 5.75 Å². The van der Waals surface area contributed by atoms with E-state index in [0.29, 0.717) is 18.3 Å². The van der Waals surface area contributed by atoms with Gasteiger partial charge in [-0.2, -0.15) is 0 Å². The Kier molecular flexibility index (Phi) is 5.22. The molecule has 0 heterocycles. The molecule has 1 aromatic carbocycles. The molecule has 4 bridgehead atoms. The van der Waals surface area contributed by atoms with Crippen LogP contribution in [0.1, 0.15) is 80.1 Å². The number of halogens is 1. The molecule has 0 unspecified atom stereocenters. The van der Waals surface area contributed by atoms with Crippen molar-refractivity contribution in [2.45, 2.75) is 70.3 Å². The number of ether oxygens (including phenoxy) is 2. The summed E-state index contributed by atoms with van der Waals surface area (Å²) in [5.41, 5.74) is 1.12. The monoisotopic (exact) mass is 429 g/mol. The summed E-state index contributed by atoms with van der Waals surface area (Å²) in [5, 5.41) is 2.52. The predicted octanol–water partition coefficient (Wildman–Crippen LogP) is 4.59. The molecule has 5 aliphatic rings. The first-order valence-electron chi connectivity index (χ1n) is 11.7. The van der Waals surface area contributed by atoms with Crippen molar-refractivity contribution in [2.24, 2.45) is 23.2 Å². The Balaban J connectivity index is 1.33. The largest absolute Gasteiger partial charge is 0.493 e. The Morgan fingerprint density at radius 2 is 1.74 bits per heavy atom. The average molecular weight is 430 g/mol. The quantitative estimate of drug-likeness (QED) is 0.644. The third kappa shape index (κ3) is 4.06. The summed E-state index contributed by atoms with van der Waals surface area (Å²) in [6.45, 7) is 2.17. The Hall–Kier alpha value is -2.11. The van der Waals surface area contributed by atoms with Gasteiger partial charge in [-0.1, -0.05) is 0 Å². The molecule has 1 atom stereocenters. The molecule has 168 valence electrons. The van der Waals surface area contributed by atoms with Crippen LogP contribution in [0.2, 0.25) is 0 Å². The number of amides is 1. The van der Waals surface area contributed by atoms with Gasteiger partial charge >= 0.3 is 5.97 Å². The highest BCUT2D eigenvalue weighted by Crippen LogP contribution is 2.60. The molecular weight excluding hydrogens is 397 g/mol. The van der Waals surface area contributed by atoms with E-state index >= 15 is 0 Å². The minimum Gasteiger partial charge on any atom is -0.493 e. The number of hydrogen-bond donors (Lipinski definition) is 1. The lowest BCUT2D eigenvalue weighted by atomic mass is 9.50. The normalized spacial score (nSPS) is 31.9. The van der Waals surface area contributed by atoms with Gasteiger partial charge in [0.05, 0.1) is 19.3 Å². The number of benzene rings is 1. The Morgan fingerprint density at radius 3 is 2.29 bits per heavy atom. The smallest absolute Gasteiger partial charge is 0.328 e. The summed E-state index contributed by atoms with van der Waals surface area (Å²) in [4.78, 5) is 24.2. The molecule has 1 N–H and O–H groups in total. The lowest BCUT2D eigenvalue weighted by Crippen LogP contribution is -2.48. The second kappa shape index (κ2) is 7.79. The summed E-state index contributed by atoms with van der Waals surface area (Å²) in [5.74, 6) is 1.66. The molecule has 0 aliphatic heterocycles. The molecular formula is C25H32FNO4. The van der Waals surface area contributed by atoms with E-state index in [0.717, 1.165) is 36.2 Å². The van der Waals surface area contributed by atoms with Crippen molar-refractivity contribution < 1.29 is 23.5 Å². The van der Waals surface area contributed by atoms with Crippen molar-refractivity contribution in [2.75, 3.05) is 13.7 Å². The van der Waals surface area contributed by atoms with Crippen molar-refractivity contribution in [3.05, 3.63) is 29.1 Å². The minimum atomic E-state index is -0.840. The fraction of sp³-hybridized carbons (Fsp3) is 0.680. The van der Waals surface area contributed by atoms with E-state index < -0.39 is 23.7 Å². The van der Waals surface area contributed by atoms with Gasteiger partial charge in [0.1, 0.15) is 17.6 Å². The number of hydrogen-bond acceptors (Lipinski definition) is 4. The number of esters is 1. The number of methoxy groups -OCH3 is 1. The third-order valence-electron chi connectivity index (χ3n) is 7.96. The van der Waals surface area contributed by atoms with Crippen molar-refractivity contribution in [1.82, 2.24) is 5.32 Å². The van der Waals surface area contributed by atoms with Crippen LogP contribution < -0.4 is 10.1 Å². The Bertz CT molecular complexity index is 858. The van der Waals surface area contributed by atoms with E-state index in [2.05, 4.69) is 10.1 Å². The first-order valence-corrected chi connectivity index (χ1v) is 11.7. The molecule has 5 saturated carbocycles. The van der Waals surface area contributed by atoms with Gasteiger partial charge in [-0.05, 0) is 93.6 Å². The number of carbonyl (C=O) groups excluding carboxylic acids is 2. The molecule has 0 spiro atoms. The molecule has 6 heteroatoms. The summed E-state index contributed by atoms with van der Waals surface area (Å²) in [6.07, 6.45) is 9.93. The Morgan fingerprint density at radius 1 is 1.13 bits per heavy atom. The number of nitrogens with one attached hydrogen (secondary N) is 1. The highest BCUT2D eigenvalue weighted by molar-refractivity contribution is 5.97. The van der Waals surface area contributed by atoms with E-state index in [1.54, 1.807) is 6.07 Å². The van der Waals surface area contributed by atoms with E-state index in [-0.39, 0.29) is 11.0 Å². The molecule has 5 aliphatic carbocycles. The van der Waals surface area contributed by atoms with Crippen LogP contribution in [0, 0.1) is 29.0 Å². The van der Waals surface area contributed by atoms with Crippen LogP contribution in [-0.4, -0.2) is 31.6 Å². The lowest BCUT2D eigenvalue weighted by molar-refractivity contribution is -0.142. The standard InChI is InChI=1S/C25H32FNO4/c1-14(24(29)30-2)27-23(28)20-8-19(18-3-4-18)22(9-21(20)26)31-13-25-10-15-5-16(11-25)7-17(6-15)12-25/h8-9,14-18H,3-7,10-13H2,1-2H3,(H,27,28)/t14-,15?,16?,17?,25?/m0/s1. The predicted molar refractivity (Wildman–Crippen MR) is 113 cm³/mol. The molecule has 0 saturated heterocycles. The molecule has 31 heavy (non-hydrogen) atoms. The molecule has 0 aromatic heterocycles. The summed E-state index contributed by atoms with van der Waals surface area (Å²) < 4.78 is 25.9. The fourth-order valence-electron chi connectivity index (χ4n) is 6.79. The zero-order chi connectivity index (χ0) is 21.8. The van der Waals surface area contributed by atoms with Gasteiger partial charge in [0.25, 0.3) is 5.91 Å². The second-order valence-corrected chi connectivity index (χ2v) is 10.6. The van der Waals surface area contributed by atoms with Gasteiger partial charge in [-0.15, -0.1) is 0 Å². The zero-order valence-corrected chi connectivity index (χ0v) is 18.4. The molecule has 6 rings (SSSR count).